The number of rotatable bonds is 5. The van der Waals surface area contributed by atoms with Gasteiger partial charge in [0.25, 0.3) is 0 Å². The third-order valence-corrected chi connectivity index (χ3v) is 4.42. The summed E-state index contributed by atoms with van der Waals surface area (Å²) in [7, 11) is 0. The highest BCUT2D eigenvalue weighted by Crippen LogP contribution is 2.19. The number of hydrogen-bond donors (Lipinski definition) is 0. The van der Waals surface area contributed by atoms with E-state index in [2.05, 4.69) is 36.1 Å². The number of furan rings is 1. The first-order valence-corrected chi connectivity index (χ1v) is 8.78. The maximum absolute atomic E-state index is 12.9. The van der Waals surface area contributed by atoms with Crippen LogP contribution >= 0.6 is 0 Å². The smallest absolute Gasteiger partial charge is 0.242 e. The summed E-state index contributed by atoms with van der Waals surface area (Å²) in [6.45, 7) is 8.26. The van der Waals surface area contributed by atoms with E-state index in [1.807, 2.05) is 30.9 Å². The van der Waals surface area contributed by atoms with E-state index in [0.29, 0.717) is 26.2 Å². The van der Waals surface area contributed by atoms with Crippen LogP contribution in [-0.4, -0.2) is 42.6 Å². The van der Waals surface area contributed by atoms with Gasteiger partial charge in [-0.3, -0.25) is 4.79 Å². The highest BCUT2D eigenvalue weighted by molar-refractivity contribution is 5.81. The second-order valence-corrected chi connectivity index (χ2v) is 6.83. The molecule has 2 aromatic rings. The van der Waals surface area contributed by atoms with E-state index < -0.39 is 0 Å². The summed E-state index contributed by atoms with van der Waals surface area (Å²) in [6, 6.07) is 12.0. The Bertz CT molecular complexity index is 671. The Morgan fingerprint density at radius 3 is 2.44 bits per heavy atom. The average Bonchev–Trinajstić information content (AvgIpc) is 3.07. The summed E-state index contributed by atoms with van der Waals surface area (Å²) >= 11 is 0. The average molecular weight is 342 g/mol. The van der Waals surface area contributed by atoms with Gasteiger partial charge in [-0.15, -0.1) is 0 Å². The first-order chi connectivity index (χ1) is 12.0. The van der Waals surface area contributed by atoms with Crippen LogP contribution in [0, 0.1) is 6.92 Å². The molecule has 1 aliphatic rings. The Morgan fingerprint density at radius 1 is 1.16 bits per heavy atom. The number of aryl methyl sites for hydroxylation is 1. The van der Waals surface area contributed by atoms with Crippen LogP contribution in [0.5, 0.6) is 0 Å². The number of carbonyl (C=O) groups excluding carboxylic acids is 1. The molecule has 1 fully saturated rings. The van der Waals surface area contributed by atoms with Crippen LogP contribution in [0.25, 0.3) is 0 Å². The van der Waals surface area contributed by atoms with Crippen molar-refractivity contribution in [1.82, 2.24) is 4.90 Å². The molecule has 3 rings (SSSR count). The number of anilines is 1. The first kappa shape index (κ1) is 17.5. The van der Waals surface area contributed by atoms with Crippen molar-refractivity contribution in [2.45, 2.75) is 39.5 Å². The van der Waals surface area contributed by atoms with Gasteiger partial charge in [0.2, 0.25) is 5.91 Å². The van der Waals surface area contributed by atoms with E-state index in [9.17, 15) is 4.79 Å². The summed E-state index contributed by atoms with van der Waals surface area (Å²) in [5.41, 5.74) is 2.22. The van der Waals surface area contributed by atoms with Crippen molar-refractivity contribution < 1.29 is 13.9 Å². The third-order valence-electron chi connectivity index (χ3n) is 4.42. The van der Waals surface area contributed by atoms with E-state index in [1.165, 1.54) is 5.56 Å². The summed E-state index contributed by atoms with van der Waals surface area (Å²) in [6.07, 6.45) is 1.81. The quantitative estimate of drug-likeness (QED) is 0.837. The van der Waals surface area contributed by atoms with E-state index in [1.54, 1.807) is 6.26 Å². The molecule has 25 heavy (non-hydrogen) atoms. The topological polar surface area (TPSA) is 45.9 Å². The Hall–Kier alpha value is -2.27. The summed E-state index contributed by atoms with van der Waals surface area (Å²) < 4.78 is 11.2. The third kappa shape index (κ3) is 4.63. The van der Waals surface area contributed by atoms with Gasteiger partial charge in [0, 0.05) is 18.8 Å². The standard InChI is InChI=1S/C20H26N2O3/c1-15-6-8-18(9-7-15)21(13-19-5-4-10-24-19)14-20(23)22-11-16(2)25-17(3)12-22/h4-10,16-17H,11-14H2,1-3H3. The molecular formula is C20H26N2O3. The van der Waals surface area contributed by atoms with Gasteiger partial charge in [0.05, 0.1) is 31.6 Å². The molecule has 134 valence electrons. The van der Waals surface area contributed by atoms with Gasteiger partial charge in [-0.1, -0.05) is 17.7 Å². The first-order valence-electron chi connectivity index (χ1n) is 8.78. The molecule has 2 heterocycles. The largest absolute Gasteiger partial charge is 0.467 e. The molecule has 1 aromatic carbocycles. The molecular weight excluding hydrogens is 316 g/mol. The molecule has 5 heteroatoms. The number of nitrogens with zero attached hydrogens (tertiary/aromatic N) is 2. The molecule has 2 unspecified atom stereocenters. The van der Waals surface area contributed by atoms with Gasteiger partial charge >= 0.3 is 0 Å². The zero-order chi connectivity index (χ0) is 17.8. The minimum absolute atomic E-state index is 0.0746. The predicted molar refractivity (Wildman–Crippen MR) is 97.5 cm³/mol. The Balaban J connectivity index is 1.74. The Morgan fingerprint density at radius 2 is 1.84 bits per heavy atom. The van der Waals surface area contributed by atoms with Gasteiger partial charge in [-0.2, -0.15) is 0 Å². The van der Waals surface area contributed by atoms with E-state index in [-0.39, 0.29) is 18.1 Å². The molecule has 5 nitrogen and oxygen atoms in total. The van der Waals surface area contributed by atoms with Crippen molar-refractivity contribution in [3.63, 3.8) is 0 Å². The molecule has 1 aliphatic heterocycles. The van der Waals surface area contributed by atoms with Crippen molar-refractivity contribution >= 4 is 11.6 Å². The normalized spacial score (nSPS) is 20.5. The fraction of sp³-hybridized carbons (Fsp3) is 0.450. The molecule has 1 saturated heterocycles. The number of amides is 1. The number of benzene rings is 1. The van der Waals surface area contributed by atoms with Crippen LogP contribution in [0.4, 0.5) is 5.69 Å². The molecule has 1 aromatic heterocycles. The summed E-state index contributed by atoms with van der Waals surface area (Å²) in [5.74, 6) is 0.964. The molecule has 2 atom stereocenters. The van der Waals surface area contributed by atoms with Crippen molar-refractivity contribution in [1.29, 1.82) is 0 Å². The molecule has 0 bridgehead atoms. The van der Waals surface area contributed by atoms with E-state index in [4.69, 9.17) is 9.15 Å². The van der Waals surface area contributed by atoms with E-state index in [0.717, 1.165) is 11.4 Å². The van der Waals surface area contributed by atoms with Crippen molar-refractivity contribution in [2.24, 2.45) is 0 Å². The fourth-order valence-corrected chi connectivity index (χ4v) is 3.23. The molecule has 0 spiro atoms. The SMILES string of the molecule is Cc1ccc(N(CC(=O)N2CC(C)OC(C)C2)Cc2ccco2)cc1. The molecule has 0 radical (unpaired) electrons. The van der Waals surface area contributed by atoms with Crippen LogP contribution in [0.1, 0.15) is 25.2 Å². The zero-order valence-corrected chi connectivity index (χ0v) is 15.1. The van der Waals surface area contributed by atoms with Crippen LogP contribution in [0.3, 0.4) is 0 Å². The number of ether oxygens (including phenoxy) is 1. The summed E-state index contributed by atoms with van der Waals surface area (Å²) in [5, 5.41) is 0. The maximum Gasteiger partial charge on any atom is 0.242 e. The van der Waals surface area contributed by atoms with Crippen LogP contribution < -0.4 is 4.90 Å². The van der Waals surface area contributed by atoms with Gasteiger partial charge in [0.1, 0.15) is 5.76 Å². The highest BCUT2D eigenvalue weighted by atomic mass is 16.5. The predicted octanol–water partition coefficient (Wildman–Crippen LogP) is 3.23. The minimum atomic E-state index is 0.0746. The lowest BCUT2D eigenvalue weighted by Gasteiger charge is -2.36. The van der Waals surface area contributed by atoms with Crippen molar-refractivity contribution in [2.75, 3.05) is 24.5 Å². The summed E-state index contributed by atoms with van der Waals surface area (Å²) in [4.78, 5) is 16.8. The van der Waals surface area contributed by atoms with Gasteiger partial charge in [-0.05, 0) is 45.0 Å². The van der Waals surface area contributed by atoms with E-state index >= 15 is 0 Å². The zero-order valence-electron chi connectivity index (χ0n) is 15.1. The second kappa shape index (κ2) is 7.74. The monoisotopic (exact) mass is 342 g/mol. The van der Waals surface area contributed by atoms with Crippen molar-refractivity contribution in [3.05, 3.63) is 54.0 Å². The number of morpholine rings is 1. The Labute approximate surface area is 149 Å². The van der Waals surface area contributed by atoms with Crippen LogP contribution in [-0.2, 0) is 16.1 Å². The van der Waals surface area contributed by atoms with Gasteiger partial charge in [-0.25, -0.2) is 0 Å². The highest BCUT2D eigenvalue weighted by Gasteiger charge is 2.27. The van der Waals surface area contributed by atoms with Gasteiger partial charge in [0.15, 0.2) is 0 Å². The Kier molecular flexibility index (Phi) is 5.43. The second-order valence-electron chi connectivity index (χ2n) is 6.83. The van der Waals surface area contributed by atoms with Gasteiger partial charge < -0.3 is 19.0 Å². The fourth-order valence-electron chi connectivity index (χ4n) is 3.23. The number of carbonyl (C=O) groups is 1. The minimum Gasteiger partial charge on any atom is -0.467 e. The lowest BCUT2D eigenvalue weighted by atomic mass is 10.2. The lowest BCUT2D eigenvalue weighted by Crippen LogP contribution is -2.51. The molecule has 0 saturated carbocycles. The van der Waals surface area contributed by atoms with Crippen molar-refractivity contribution in [3.8, 4) is 0 Å². The van der Waals surface area contributed by atoms with Crippen LogP contribution in [0.2, 0.25) is 0 Å². The molecule has 0 N–H and O–H groups in total. The number of hydrogen-bond acceptors (Lipinski definition) is 4. The van der Waals surface area contributed by atoms with Crippen LogP contribution in [0.15, 0.2) is 47.1 Å². The molecule has 0 aliphatic carbocycles. The lowest BCUT2D eigenvalue weighted by molar-refractivity contribution is -0.141. The maximum atomic E-state index is 12.9. The molecule has 1 amide bonds.